The summed E-state index contributed by atoms with van der Waals surface area (Å²) in [6, 6.07) is 4.44. The van der Waals surface area contributed by atoms with Gasteiger partial charge >= 0.3 is 0 Å². The van der Waals surface area contributed by atoms with Crippen LogP contribution in [0.4, 0.5) is 4.39 Å². The Morgan fingerprint density at radius 1 is 1.55 bits per heavy atom. The van der Waals surface area contributed by atoms with Gasteiger partial charge in [0.15, 0.2) is 9.84 Å². The molecule has 0 spiro atoms. The zero-order valence-electron chi connectivity index (χ0n) is 11.2. The van der Waals surface area contributed by atoms with Crippen molar-refractivity contribution in [1.29, 1.82) is 0 Å². The van der Waals surface area contributed by atoms with E-state index in [0.29, 0.717) is 16.5 Å². The second-order valence-corrected chi connectivity index (χ2v) is 8.28. The van der Waals surface area contributed by atoms with Gasteiger partial charge in [-0.25, -0.2) is 12.8 Å². The van der Waals surface area contributed by atoms with Gasteiger partial charge in [-0.3, -0.25) is 4.90 Å². The Labute approximate surface area is 127 Å². The molecule has 0 aliphatic carbocycles. The maximum atomic E-state index is 14.1. The number of likely N-dealkylation sites (N-methyl/N-ethyl adjacent to an activating group) is 1. The smallest absolute Gasteiger partial charge is 0.151 e. The van der Waals surface area contributed by atoms with Crippen LogP contribution in [0, 0.1) is 5.82 Å². The summed E-state index contributed by atoms with van der Waals surface area (Å²) >= 11 is 3.22. The molecule has 112 valence electrons. The van der Waals surface area contributed by atoms with E-state index in [9.17, 15) is 12.8 Å². The lowest BCUT2D eigenvalue weighted by Gasteiger charge is -2.32. The van der Waals surface area contributed by atoms with Crippen LogP contribution in [-0.4, -0.2) is 44.5 Å². The molecule has 2 N–H and O–H groups in total. The molecule has 2 unspecified atom stereocenters. The van der Waals surface area contributed by atoms with Gasteiger partial charge in [0.25, 0.3) is 0 Å². The SMILES string of the molecule is CN(C1CCS(=O)(=O)C1)C(CN)c1ccc(Br)cc1F. The molecule has 7 heteroatoms. The first-order valence-corrected chi connectivity index (χ1v) is 9.03. The second-order valence-electron chi connectivity index (χ2n) is 5.14. The summed E-state index contributed by atoms with van der Waals surface area (Å²) < 4.78 is 37.9. The van der Waals surface area contributed by atoms with Crippen LogP contribution in [0.1, 0.15) is 18.0 Å². The highest BCUT2D eigenvalue weighted by molar-refractivity contribution is 9.10. The van der Waals surface area contributed by atoms with Gasteiger partial charge in [0.1, 0.15) is 5.82 Å². The molecule has 1 heterocycles. The molecule has 0 aromatic heterocycles. The van der Waals surface area contributed by atoms with Crippen LogP contribution in [0.25, 0.3) is 0 Å². The lowest BCUT2D eigenvalue weighted by Crippen LogP contribution is -2.39. The molecule has 20 heavy (non-hydrogen) atoms. The van der Waals surface area contributed by atoms with Crippen LogP contribution in [0.2, 0.25) is 0 Å². The van der Waals surface area contributed by atoms with Gasteiger partial charge in [-0.1, -0.05) is 22.0 Å². The van der Waals surface area contributed by atoms with Crippen molar-refractivity contribution >= 4 is 25.8 Å². The molecule has 2 atom stereocenters. The summed E-state index contributed by atoms with van der Waals surface area (Å²) in [7, 11) is -1.15. The molecule has 1 aromatic rings. The van der Waals surface area contributed by atoms with Crippen LogP contribution >= 0.6 is 15.9 Å². The Hall–Kier alpha value is -0.500. The Balaban J connectivity index is 2.23. The normalized spacial score (nSPS) is 23.1. The average Bonchev–Trinajstić information content (AvgIpc) is 2.73. The minimum Gasteiger partial charge on any atom is -0.329 e. The molecule has 1 saturated heterocycles. The molecular formula is C13H18BrFN2O2S. The Morgan fingerprint density at radius 3 is 2.75 bits per heavy atom. The van der Waals surface area contributed by atoms with E-state index in [1.165, 1.54) is 6.07 Å². The largest absolute Gasteiger partial charge is 0.329 e. The van der Waals surface area contributed by atoms with E-state index >= 15 is 0 Å². The average molecular weight is 365 g/mol. The molecular weight excluding hydrogens is 347 g/mol. The number of sulfone groups is 1. The van der Waals surface area contributed by atoms with E-state index < -0.39 is 9.84 Å². The van der Waals surface area contributed by atoms with Crippen molar-refractivity contribution in [3.8, 4) is 0 Å². The number of hydrogen-bond acceptors (Lipinski definition) is 4. The van der Waals surface area contributed by atoms with Crippen LogP contribution in [-0.2, 0) is 9.84 Å². The van der Waals surface area contributed by atoms with Gasteiger partial charge in [0.05, 0.1) is 11.5 Å². The van der Waals surface area contributed by atoms with E-state index in [1.54, 1.807) is 12.1 Å². The van der Waals surface area contributed by atoms with Gasteiger partial charge in [0.2, 0.25) is 0 Å². The van der Waals surface area contributed by atoms with Crippen LogP contribution < -0.4 is 5.73 Å². The van der Waals surface area contributed by atoms with Crippen LogP contribution in [0.3, 0.4) is 0 Å². The number of benzene rings is 1. The van der Waals surface area contributed by atoms with Gasteiger partial charge in [-0.15, -0.1) is 0 Å². The first-order valence-electron chi connectivity index (χ1n) is 6.41. The monoisotopic (exact) mass is 364 g/mol. The van der Waals surface area contributed by atoms with Crippen molar-refractivity contribution in [2.75, 3.05) is 25.1 Å². The zero-order chi connectivity index (χ0) is 14.9. The lowest BCUT2D eigenvalue weighted by atomic mass is 10.0. The number of nitrogens with zero attached hydrogens (tertiary/aromatic N) is 1. The fraction of sp³-hybridized carbons (Fsp3) is 0.538. The molecule has 1 fully saturated rings. The molecule has 4 nitrogen and oxygen atoms in total. The molecule has 0 radical (unpaired) electrons. The van der Waals surface area contributed by atoms with Crippen molar-refractivity contribution < 1.29 is 12.8 Å². The van der Waals surface area contributed by atoms with E-state index in [1.807, 2.05) is 11.9 Å². The van der Waals surface area contributed by atoms with Crippen LogP contribution in [0.5, 0.6) is 0 Å². The highest BCUT2D eigenvalue weighted by atomic mass is 79.9. The topological polar surface area (TPSA) is 63.4 Å². The van der Waals surface area contributed by atoms with Crippen molar-refractivity contribution in [2.45, 2.75) is 18.5 Å². The van der Waals surface area contributed by atoms with E-state index in [2.05, 4.69) is 15.9 Å². The summed E-state index contributed by atoms with van der Waals surface area (Å²) in [6.07, 6.45) is 0.577. The van der Waals surface area contributed by atoms with Crippen molar-refractivity contribution in [1.82, 2.24) is 4.90 Å². The summed E-state index contributed by atoms with van der Waals surface area (Å²) in [5, 5.41) is 0. The second kappa shape index (κ2) is 6.09. The van der Waals surface area contributed by atoms with Gasteiger partial charge in [-0.2, -0.15) is 0 Å². The maximum absolute atomic E-state index is 14.1. The quantitative estimate of drug-likeness (QED) is 0.883. The molecule has 1 aromatic carbocycles. The van der Waals surface area contributed by atoms with Gasteiger partial charge < -0.3 is 5.73 Å². The lowest BCUT2D eigenvalue weighted by molar-refractivity contribution is 0.189. The molecule has 1 aliphatic heterocycles. The molecule has 0 saturated carbocycles. The summed E-state index contributed by atoms with van der Waals surface area (Å²) in [4.78, 5) is 1.89. The highest BCUT2D eigenvalue weighted by Crippen LogP contribution is 2.28. The number of halogens is 2. The number of rotatable bonds is 4. The minimum atomic E-state index is -2.96. The molecule has 1 aliphatic rings. The first kappa shape index (κ1) is 15.9. The standard InChI is InChI=1S/C13H18BrFN2O2S/c1-17(10-4-5-20(18,19)8-10)13(7-16)11-3-2-9(14)6-12(11)15/h2-3,6,10,13H,4-5,7-8,16H2,1H3. The van der Waals surface area contributed by atoms with E-state index in [-0.39, 0.29) is 36.0 Å². The maximum Gasteiger partial charge on any atom is 0.151 e. The number of hydrogen-bond donors (Lipinski definition) is 1. The van der Waals surface area contributed by atoms with Gasteiger partial charge in [0, 0.05) is 28.7 Å². The van der Waals surface area contributed by atoms with Crippen molar-refractivity contribution in [3.63, 3.8) is 0 Å². The zero-order valence-corrected chi connectivity index (χ0v) is 13.6. The number of nitrogens with two attached hydrogens (primary N) is 1. The third-order valence-electron chi connectivity index (χ3n) is 3.82. The van der Waals surface area contributed by atoms with E-state index in [4.69, 9.17) is 5.73 Å². The Bertz CT molecular complexity index is 594. The third-order valence-corrected chi connectivity index (χ3v) is 6.06. The summed E-state index contributed by atoms with van der Waals surface area (Å²) in [6.45, 7) is 0.242. The molecule has 0 bridgehead atoms. The fourth-order valence-electron chi connectivity index (χ4n) is 2.64. The Kier molecular flexibility index (Phi) is 4.84. The van der Waals surface area contributed by atoms with Crippen molar-refractivity contribution in [2.24, 2.45) is 5.73 Å². The molecule has 2 rings (SSSR count). The molecule has 0 amide bonds. The predicted octanol–water partition coefficient (Wildman–Crippen LogP) is 1.71. The highest BCUT2D eigenvalue weighted by Gasteiger charge is 2.34. The Morgan fingerprint density at radius 2 is 2.25 bits per heavy atom. The fourth-order valence-corrected chi connectivity index (χ4v) is 4.75. The third kappa shape index (κ3) is 3.39. The summed E-state index contributed by atoms with van der Waals surface area (Å²) in [5.74, 6) is -0.0113. The predicted molar refractivity (Wildman–Crippen MR) is 80.7 cm³/mol. The van der Waals surface area contributed by atoms with Crippen LogP contribution in [0.15, 0.2) is 22.7 Å². The van der Waals surface area contributed by atoms with Gasteiger partial charge in [-0.05, 0) is 25.6 Å². The minimum absolute atomic E-state index is 0.100. The van der Waals surface area contributed by atoms with Crippen molar-refractivity contribution in [3.05, 3.63) is 34.1 Å². The first-order chi connectivity index (χ1) is 9.34. The summed E-state index contributed by atoms with van der Waals surface area (Å²) in [5.41, 5.74) is 6.28. The van der Waals surface area contributed by atoms with E-state index in [0.717, 1.165) is 0 Å².